The van der Waals surface area contributed by atoms with E-state index >= 15 is 0 Å². The van der Waals surface area contributed by atoms with Crippen molar-refractivity contribution < 1.29 is 29.0 Å². The van der Waals surface area contributed by atoms with E-state index in [2.05, 4.69) is 0 Å². The van der Waals surface area contributed by atoms with Gasteiger partial charge in [0.15, 0.2) is 12.4 Å². The van der Waals surface area contributed by atoms with Crippen LogP contribution in [0.3, 0.4) is 0 Å². The molecule has 1 N–H and O–H groups in total. The Morgan fingerprint density at radius 3 is 2.23 bits per heavy atom. The molecule has 1 saturated heterocycles. The summed E-state index contributed by atoms with van der Waals surface area (Å²) in [6.07, 6.45) is 4.78. The number of amides is 2. The maximum absolute atomic E-state index is 12.7. The molecular weight excluding hydrogens is 386 g/mol. The van der Waals surface area contributed by atoms with Gasteiger partial charge in [-0.05, 0) is 31.0 Å². The van der Waals surface area contributed by atoms with Crippen LogP contribution in [0.15, 0.2) is 60.7 Å². The van der Waals surface area contributed by atoms with Gasteiger partial charge < -0.3 is 9.84 Å². The Kier molecular flexibility index (Phi) is 5.18. The standard InChI is InChI=1S/C23H19NO6/c25-19-11-10-15(24-21(27)16-8-4-5-9-17(16)22(24)28)12-18(19)23(29)30-13-20(26)14-6-2-1-3-7-14/h1-7,10-12,16-17,25H,8-9,13H2/t16-,17+. The summed E-state index contributed by atoms with van der Waals surface area (Å²) in [4.78, 5) is 51.1. The van der Waals surface area contributed by atoms with Crippen molar-refractivity contribution in [3.05, 3.63) is 71.8 Å². The highest BCUT2D eigenvalue weighted by atomic mass is 16.5. The minimum Gasteiger partial charge on any atom is -0.507 e. The molecule has 7 heteroatoms. The molecule has 152 valence electrons. The summed E-state index contributed by atoms with van der Waals surface area (Å²) >= 11 is 0. The Morgan fingerprint density at radius 2 is 1.60 bits per heavy atom. The summed E-state index contributed by atoms with van der Waals surface area (Å²) in [5.74, 6) is -3.13. The molecule has 30 heavy (non-hydrogen) atoms. The van der Waals surface area contributed by atoms with Crippen LogP contribution in [-0.2, 0) is 14.3 Å². The molecule has 1 fully saturated rings. The fourth-order valence-electron chi connectivity index (χ4n) is 3.80. The van der Waals surface area contributed by atoms with Gasteiger partial charge in [-0.3, -0.25) is 19.3 Å². The lowest BCUT2D eigenvalue weighted by molar-refractivity contribution is -0.122. The van der Waals surface area contributed by atoms with E-state index in [1.54, 1.807) is 30.3 Å². The molecular formula is C23H19NO6. The molecule has 2 aromatic carbocycles. The van der Waals surface area contributed by atoms with Gasteiger partial charge in [0.25, 0.3) is 0 Å². The Labute approximate surface area is 172 Å². The highest BCUT2D eigenvalue weighted by Gasteiger charge is 2.48. The number of phenolic OH excluding ortho intramolecular Hbond substituents is 1. The molecule has 2 atom stereocenters. The Hall–Kier alpha value is -3.74. The largest absolute Gasteiger partial charge is 0.507 e. The number of Topliss-reactive ketones (excluding diaryl/α,β-unsaturated/α-hetero) is 1. The number of phenols is 1. The van der Waals surface area contributed by atoms with Gasteiger partial charge in [0.05, 0.1) is 17.5 Å². The van der Waals surface area contributed by atoms with Gasteiger partial charge in [-0.2, -0.15) is 0 Å². The molecule has 0 aromatic heterocycles. The quantitative estimate of drug-likeness (QED) is 0.355. The third-order valence-corrected chi connectivity index (χ3v) is 5.40. The van der Waals surface area contributed by atoms with Crippen LogP contribution in [0.1, 0.15) is 33.6 Å². The average Bonchev–Trinajstić information content (AvgIpc) is 3.03. The molecule has 2 aliphatic rings. The molecule has 0 saturated carbocycles. The molecule has 0 unspecified atom stereocenters. The van der Waals surface area contributed by atoms with Gasteiger partial charge in [0.1, 0.15) is 11.3 Å². The number of carbonyl (C=O) groups is 4. The maximum Gasteiger partial charge on any atom is 0.342 e. The zero-order chi connectivity index (χ0) is 21.3. The first kappa shape index (κ1) is 19.6. The zero-order valence-electron chi connectivity index (χ0n) is 16.0. The van der Waals surface area contributed by atoms with Gasteiger partial charge in [0, 0.05) is 5.56 Å². The van der Waals surface area contributed by atoms with Gasteiger partial charge in [-0.1, -0.05) is 42.5 Å². The lowest BCUT2D eigenvalue weighted by atomic mass is 9.85. The molecule has 7 nitrogen and oxygen atoms in total. The third kappa shape index (κ3) is 3.50. The SMILES string of the molecule is O=C(COC(=O)c1cc(N2C(=O)[C@H]3CC=CC[C@H]3C2=O)ccc1O)c1ccccc1. The van der Waals surface area contributed by atoms with Crippen molar-refractivity contribution in [1.82, 2.24) is 0 Å². The second-order valence-electron chi connectivity index (χ2n) is 7.23. The summed E-state index contributed by atoms with van der Waals surface area (Å²) in [6.45, 7) is -0.496. The number of ether oxygens (including phenoxy) is 1. The highest BCUT2D eigenvalue weighted by Crippen LogP contribution is 2.38. The van der Waals surface area contributed by atoms with Gasteiger partial charge >= 0.3 is 5.97 Å². The Balaban J connectivity index is 1.52. The maximum atomic E-state index is 12.7. The van der Waals surface area contributed by atoms with E-state index in [1.165, 1.54) is 18.2 Å². The van der Waals surface area contributed by atoms with Crippen LogP contribution in [0, 0.1) is 11.8 Å². The fourth-order valence-corrected chi connectivity index (χ4v) is 3.80. The van der Waals surface area contributed by atoms with Crippen LogP contribution >= 0.6 is 0 Å². The molecule has 1 aliphatic carbocycles. The van der Waals surface area contributed by atoms with Crippen molar-refractivity contribution in [2.45, 2.75) is 12.8 Å². The number of benzene rings is 2. The van der Waals surface area contributed by atoms with E-state index in [0.29, 0.717) is 18.4 Å². The smallest absolute Gasteiger partial charge is 0.342 e. The first-order valence-electron chi connectivity index (χ1n) is 9.58. The number of imide groups is 1. The molecule has 4 rings (SSSR count). The number of hydrogen-bond acceptors (Lipinski definition) is 6. The Bertz CT molecular complexity index is 1030. The molecule has 0 spiro atoms. The normalized spacial score (nSPS) is 20.2. The first-order valence-corrected chi connectivity index (χ1v) is 9.58. The highest BCUT2D eigenvalue weighted by molar-refractivity contribution is 6.22. The van der Waals surface area contributed by atoms with E-state index in [0.717, 1.165) is 4.90 Å². The number of fused-ring (bicyclic) bond motifs is 1. The van der Waals surface area contributed by atoms with Gasteiger partial charge in [-0.15, -0.1) is 0 Å². The molecule has 1 aliphatic heterocycles. The van der Waals surface area contributed by atoms with E-state index in [1.807, 2.05) is 12.2 Å². The van der Waals surface area contributed by atoms with Crippen LogP contribution in [0.4, 0.5) is 5.69 Å². The van der Waals surface area contributed by atoms with Crippen molar-refractivity contribution >= 4 is 29.3 Å². The van der Waals surface area contributed by atoms with E-state index in [9.17, 15) is 24.3 Å². The summed E-state index contributed by atoms with van der Waals surface area (Å²) in [5.41, 5.74) is 0.369. The van der Waals surface area contributed by atoms with Gasteiger partial charge in [-0.25, -0.2) is 4.79 Å². The molecule has 0 bridgehead atoms. The number of anilines is 1. The molecule has 1 heterocycles. The summed E-state index contributed by atoms with van der Waals surface area (Å²) in [7, 11) is 0. The number of hydrogen-bond donors (Lipinski definition) is 1. The summed E-state index contributed by atoms with van der Waals surface area (Å²) in [6, 6.07) is 12.2. The second kappa shape index (κ2) is 7.94. The predicted octanol–water partition coefficient (Wildman–Crippen LogP) is 2.89. The van der Waals surface area contributed by atoms with Crippen LogP contribution < -0.4 is 4.90 Å². The molecule has 2 amide bonds. The minimum absolute atomic E-state index is 0.193. The Morgan fingerprint density at radius 1 is 0.967 bits per heavy atom. The van der Waals surface area contributed by atoms with Crippen molar-refractivity contribution in [3.63, 3.8) is 0 Å². The van der Waals surface area contributed by atoms with E-state index < -0.39 is 24.4 Å². The summed E-state index contributed by atoms with van der Waals surface area (Å²) in [5, 5.41) is 10.1. The first-order chi connectivity index (χ1) is 14.5. The minimum atomic E-state index is -0.920. The van der Waals surface area contributed by atoms with Crippen LogP contribution in [-0.4, -0.2) is 35.3 Å². The van der Waals surface area contributed by atoms with E-state index in [4.69, 9.17) is 4.74 Å². The predicted molar refractivity (Wildman–Crippen MR) is 107 cm³/mol. The number of allylic oxidation sites excluding steroid dienone is 2. The third-order valence-electron chi connectivity index (χ3n) is 5.40. The van der Waals surface area contributed by atoms with Crippen LogP contribution in [0.2, 0.25) is 0 Å². The molecule has 2 aromatic rings. The lowest BCUT2D eigenvalue weighted by Gasteiger charge is -2.16. The topological polar surface area (TPSA) is 101 Å². The molecule has 0 radical (unpaired) electrons. The van der Waals surface area contributed by atoms with Gasteiger partial charge in [0.2, 0.25) is 11.8 Å². The number of rotatable bonds is 5. The number of esters is 1. The number of aromatic hydroxyl groups is 1. The van der Waals surface area contributed by atoms with Crippen LogP contribution in [0.25, 0.3) is 0 Å². The second-order valence-corrected chi connectivity index (χ2v) is 7.23. The summed E-state index contributed by atoms with van der Waals surface area (Å²) < 4.78 is 5.04. The number of nitrogens with zero attached hydrogens (tertiary/aromatic N) is 1. The fraction of sp³-hybridized carbons (Fsp3) is 0.217. The average molecular weight is 405 g/mol. The van der Waals surface area contributed by atoms with Crippen molar-refractivity contribution in [2.24, 2.45) is 11.8 Å². The van der Waals surface area contributed by atoms with E-state index in [-0.39, 0.29) is 34.6 Å². The van der Waals surface area contributed by atoms with Crippen molar-refractivity contribution in [3.8, 4) is 5.75 Å². The van der Waals surface area contributed by atoms with Crippen molar-refractivity contribution in [1.29, 1.82) is 0 Å². The number of carbonyl (C=O) groups excluding carboxylic acids is 4. The zero-order valence-corrected chi connectivity index (χ0v) is 16.0. The number of ketones is 1. The lowest BCUT2D eigenvalue weighted by Crippen LogP contribution is -2.31. The monoisotopic (exact) mass is 405 g/mol. The van der Waals surface area contributed by atoms with Crippen LogP contribution in [0.5, 0.6) is 5.75 Å². The van der Waals surface area contributed by atoms with Crippen molar-refractivity contribution in [2.75, 3.05) is 11.5 Å².